The van der Waals surface area contributed by atoms with Gasteiger partial charge in [0.1, 0.15) is 0 Å². The van der Waals surface area contributed by atoms with Gasteiger partial charge in [-0.1, -0.05) is 12.8 Å². The van der Waals surface area contributed by atoms with E-state index in [1.54, 1.807) is 4.31 Å². The van der Waals surface area contributed by atoms with Crippen molar-refractivity contribution in [2.45, 2.75) is 37.6 Å². The normalized spacial score (nSPS) is 26.6. The molecular formula is C12H25N3O2S. The number of hydrogen-bond donors (Lipinski definition) is 1. The molecule has 0 bridgehead atoms. The summed E-state index contributed by atoms with van der Waals surface area (Å²) in [6.45, 7) is 3.92. The molecule has 0 aromatic heterocycles. The molecule has 106 valence electrons. The lowest BCUT2D eigenvalue weighted by atomic mass is 9.94. The van der Waals surface area contributed by atoms with E-state index in [9.17, 15) is 8.42 Å². The monoisotopic (exact) mass is 275 g/mol. The third kappa shape index (κ3) is 3.66. The van der Waals surface area contributed by atoms with Crippen molar-refractivity contribution in [1.29, 1.82) is 0 Å². The molecule has 1 aliphatic heterocycles. The van der Waals surface area contributed by atoms with Crippen molar-refractivity contribution >= 4 is 10.0 Å². The number of sulfonamides is 1. The van der Waals surface area contributed by atoms with Gasteiger partial charge >= 0.3 is 0 Å². The third-order valence-electron chi connectivity index (χ3n) is 4.33. The van der Waals surface area contributed by atoms with E-state index in [-0.39, 0.29) is 5.54 Å². The van der Waals surface area contributed by atoms with Gasteiger partial charge < -0.3 is 10.6 Å². The van der Waals surface area contributed by atoms with E-state index in [4.69, 9.17) is 5.73 Å². The van der Waals surface area contributed by atoms with Gasteiger partial charge in [0.2, 0.25) is 10.0 Å². The summed E-state index contributed by atoms with van der Waals surface area (Å²) in [6, 6.07) is 0. The van der Waals surface area contributed by atoms with E-state index in [0.717, 1.165) is 38.9 Å². The van der Waals surface area contributed by atoms with E-state index in [1.165, 1.54) is 19.1 Å². The lowest BCUT2D eigenvalue weighted by Crippen LogP contribution is -2.50. The fourth-order valence-electron chi connectivity index (χ4n) is 2.99. The first-order valence-electron chi connectivity index (χ1n) is 6.85. The molecule has 2 fully saturated rings. The Labute approximate surface area is 110 Å². The second kappa shape index (κ2) is 5.45. The first-order valence-corrected chi connectivity index (χ1v) is 8.70. The number of rotatable bonds is 4. The highest BCUT2D eigenvalue weighted by molar-refractivity contribution is 7.88. The summed E-state index contributed by atoms with van der Waals surface area (Å²) in [5.41, 5.74) is 6.39. The maximum absolute atomic E-state index is 11.4. The summed E-state index contributed by atoms with van der Waals surface area (Å²) in [4.78, 5) is 2.34. The SMILES string of the molecule is CS(=O)(=O)N1CCN(CCC2(N)CCCC2)CC1. The molecule has 0 spiro atoms. The number of nitrogens with two attached hydrogens (primary N) is 1. The van der Waals surface area contributed by atoms with E-state index >= 15 is 0 Å². The Bertz CT molecular complexity index is 369. The van der Waals surface area contributed by atoms with Crippen LogP contribution in [-0.4, -0.2) is 62.1 Å². The van der Waals surface area contributed by atoms with Gasteiger partial charge in [0.25, 0.3) is 0 Å². The predicted octanol–water partition coefficient (Wildman–Crippen LogP) is 0.225. The highest BCUT2D eigenvalue weighted by Gasteiger charge is 2.30. The zero-order valence-corrected chi connectivity index (χ0v) is 12.1. The molecule has 6 heteroatoms. The van der Waals surface area contributed by atoms with Crippen LogP contribution in [0.1, 0.15) is 32.1 Å². The molecule has 2 N–H and O–H groups in total. The molecule has 1 saturated carbocycles. The van der Waals surface area contributed by atoms with Crippen LogP contribution in [0.4, 0.5) is 0 Å². The average Bonchev–Trinajstić information content (AvgIpc) is 2.74. The Balaban J connectivity index is 1.74. The van der Waals surface area contributed by atoms with Crippen molar-refractivity contribution in [2.75, 3.05) is 39.0 Å². The van der Waals surface area contributed by atoms with Gasteiger partial charge in [-0.25, -0.2) is 8.42 Å². The minimum absolute atomic E-state index is 0.0496. The molecule has 18 heavy (non-hydrogen) atoms. The van der Waals surface area contributed by atoms with Gasteiger partial charge in [-0.05, 0) is 25.8 Å². The summed E-state index contributed by atoms with van der Waals surface area (Å²) in [7, 11) is -3.01. The van der Waals surface area contributed by atoms with Crippen LogP contribution in [0.2, 0.25) is 0 Å². The lowest BCUT2D eigenvalue weighted by Gasteiger charge is -2.35. The summed E-state index contributed by atoms with van der Waals surface area (Å²) in [6.07, 6.45) is 7.16. The topological polar surface area (TPSA) is 66.6 Å². The standard InChI is InChI=1S/C12H25N3O2S/c1-18(16,17)15-10-8-14(9-11-15)7-6-12(13)4-2-3-5-12/h2-11,13H2,1H3. The molecule has 0 atom stereocenters. The minimum atomic E-state index is -3.01. The smallest absolute Gasteiger partial charge is 0.211 e. The zero-order chi connectivity index (χ0) is 13.2. The average molecular weight is 275 g/mol. The molecule has 5 nitrogen and oxygen atoms in total. The zero-order valence-electron chi connectivity index (χ0n) is 11.3. The van der Waals surface area contributed by atoms with Gasteiger partial charge in [0, 0.05) is 31.7 Å². The molecule has 0 radical (unpaired) electrons. The van der Waals surface area contributed by atoms with Crippen molar-refractivity contribution in [3.05, 3.63) is 0 Å². The van der Waals surface area contributed by atoms with E-state index in [2.05, 4.69) is 4.90 Å². The van der Waals surface area contributed by atoms with Gasteiger partial charge in [0.15, 0.2) is 0 Å². The van der Waals surface area contributed by atoms with Crippen molar-refractivity contribution < 1.29 is 8.42 Å². The molecule has 2 aliphatic rings. The highest BCUT2D eigenvalue weighted by atomic mass is 32.2. The van der Waals surface area contributed by atoms with Crippen LogP contribution >= 0.6 is 0 Å². The summed E-state index contributed by atoms with van der Waals surface area (Å²) < 4.78 is 24.4. The van der Waals surface area contributed by atoms with Crippen molar-refractivity contribution in [3.63, 3.8) is 0 Å². The van der Waals surface area contributed by atoms with Crippen molar-refractivity contribution in [3.8, 4) is 0 Å². The second-order valence-electron chi connectivity index (χ2n) is 5.82. The first kappa shape index (κ1) is 14.2. The lowest BCUT2D eigenvalue weighted by molar-refractivity contribution is 0.173. The van der Waals surface area contributed by atoms with Crippen LogP contribution in [-0.2, 0) is 10.0 Å². The van der Waals surface area contributed by atoms with Crippen molar-refractivity contribution in [2.24, 2.45) is 5.73 Å². The first-order chi connectivity index (χ1) is 8.39. The quantitative estimate of drug-likeness (QED) is 0.797. The van der Waals surface area contributed by atoms with Crippen LogP contribution in [0.25, 0.3) is 0 Å². The Hall–Kier alpha value is -0.170. The molecule has 0 aromatic carbocycles. The fourth-order valence-corrected chi connectivity index (χ4v) is 3.82. The van der Waals surface area contributed by atoms with Crippen LogP contribution < -0.4 is 5.73 Å². The highest BCUT2D eigenvalue weighted by Crippen LogP contribution is 2.30. The van der Waals surface area contributed by atoms with Crippen molar-refractivity contribution in [1.82, 2.24) is 9.21 Å². The molecule has 2 rings (SSSR count). The Morgan fingerprint density at radius 3 is 2.17 bits per heavy atom. The molecule has 1 saturated heterocycles. The van der Waals surface area contributed by atoms with E-state index in [1.807, 2.05) is 0 Å². The van der Waals surface area contributed by atoms with Crippen LogP contribution in [0.3, 0.4) is 0 Å². The Morgan fingerprint density at radius 2 is 1.67 bits per heavy atom. The third-order valence-corrected chi connectivity index (χ3v) is 5.63. The predicted molar refractivity (Wildman–Crippen MR) is 72.9 cm³/mol. The fraction of sp³-hybridized carbons (Fsp3) is 1.00. The Morgan fingerprint density at radius 1 is 1.11 bits per heavy atom. The largest absolute Gasteiger partial charge is 0.325 e. The van der Waals surface area contributed by atoms with E-state index in [0.29, 0.717) is 13.1 Å². The van der Waals surface area contributed by atoms with E-state index < -0.39 is 10.0 Å². The van der Waals surface area contributed by atoms with Crippen LogP contribution in [0, 0.1) is 0 Å². The number of hydrogen-bond acceptors (Lipinski definition) is 4. The van der Waals surface area contributed by atoms with Crippen LogP contribution in [0.15, 0.2) is 0 Å². The molecule has 1 heterocycles. The van der Waals surface area contributed by atoms with Crippen LogP contribution in [0.5, 0.6) is 0 Å². The molecule has 0 aromatic rings. The summed E-state index contributed by atoms with van der Waals surface area (Å²) >= 11 is 0. The summed E-state index contributed by atoms with van der Waals surface area (Å²) in [5.74, 6) is 0. The maximum Gasteiger partial charge on any atom is 0.211 e. The maximum atomic E-state index is 11.4. The van der Waals surface area contributed by atoms with Gasteiger partial charge in [0.05, 0.1) is 6.26 Å². The Kier molecular flexibility index (Phi) is 4.31. The van der Waals surface area contributed by atoms with Gasteiger partial charge in [-0.15, -0.1) is 0 Å². The summed E-state index contributed by atoms with van der Waals surface area (Å²) in [5, 5.41) is 0. The van der Waals surface area contributed by atoms with Gasteiger partial charge in [-0.2, -0.15) is 4.31 Å². The number of nitrogens with zero attached hydrogens (tertiary/aromatic N) is 2. The molecule has 0 unspecified atom stereocenters. The molecule has 1 aliphatic carbocycles. The minimum Gasteiger partial charge on any atom is -0.325 e. The number of piperazine rings is 1. The van der Waals surface area contributed by atoms with Gasteiger partial charge in [-0.3, -0.25) is 0 Å². The second-order valence-corrected chi connectivity index (χ2v) is 7.81. The molecule has 0 amide bonds. The molecular weight excluding hydrogens is 250 g/mol.